The lowest BCUT2D eigenvalue weighted by Crippen LogP contribution is -2.09. The van der Waals surface area contributed by atoms with E-state index in [1.807, 2.05) is 0 Å². The molecule has 1 aromatic rings. The summed E-state index contributed by atoms with van der Waals surface area (Å²) in [5.74, 6) is 0. The van der Waals surface area contributed by atoms with Crippen molar-refractivity contribution in [2.24, 2.45) is 0 Å². The zero-order valence-electron chi connectivity index (χ0n) is 11.7. The minimum atomic E-state index is -0.135. The molecule has 0 fully saturated rings. The lowest BCUT2D eigenvalue weighted by Gasteiger charge is -2.08. The molecule has 0 aliphatic heterocycles. The monoisotopic (exact) mass is 268 g/mol. The highest BCUT2D eigenvalue weighted by atomic mass is 32.1. The summed E-state index contributed by atoms with van der Waals surface area (Å²) in [7, 11) is 0. The highest BCUT2D eigenvalue weighted by Crippen LogP contribution is 2.15. The van der Waals surface area contributed by atoms with Gasteiger partial charge in [-0.05, 0) is 17.9 Å². The summed E-state index contributed by atoms with van der Waals surface area (Å²) in [5, 5.41) is 12.0. The second-order valence-corrected chi connectivity index (χ2v) is 6.23. The Morgan fingerprint density at radius 3 is 2.33 bits per heavy atom. The quantitative estimate of drug-likeness (QED) is 0.548. The Bertz CT molecular complexity index is 269. The molecule has 1 N–H and O–H groups in total. The summed E-state index contributed by atoms with van der Waals surface area (Å²) in [6, 6.07) is 4.17. The van der Waals surface area contributed by atoms with Crippen LogP contribution in [0.4, 0.5) is 0 Å². The minimum Gasteiger partial charge on any atom is -0.393 e. The number of rotatable bonds is 11. The van der Waals surface area contributed by atoms with Crippen LogP contribution in [0, 0.1) is 0 Å². The smallest absolute Gasteiger partial charge is 0.0588 e. The van der Waals surface area contributed by atoms with Crippen molar-refractivity contribution in [1.29, 1.82) is 0 Å². The fourth-order valence-corrected chi connectivity index (χ4v) is 3.05. The number of thiophene rings is 1. The first-order valence-electron chi connectivity index (χ1n) is 7.53. The van der Waals surface area contributed by atoms with Gasteiger partial charge in [0.1, 0.15) is 0 Å². The first-order valence-corrected chi connectivity index (χ1v) is 8.41. The maximum atomic E-state index is 9.90. The molecule has 0 spiro atoms. The Balaban J connectivity index is 1.88. The predicted octanol–water partition coefficient (Wildman–Crippen LogP) is 5.18. The molecule has 104 valence electrons. The predicted molar refractivity (Wildman–Crippen MR) is 81.3 cm³/mol. The van der Waals surface area contributed by atoms with E-state index in [4.69, 9.17) is 0 Å². The largest absolute Gasteiger partial charge is 0.393 e. The summed E-state index contributed by atoms with van der Waals surface area (Å²) in [6.45, 7) is 2.26. The van der Waals surface area contributed by atoms with E-state index in [9.17, 15) is 5.11 Å². The van der Waals surface area contributed by atoms with Gasteiger partial charge in [-0.1, -0.05) is 64.4 Å². The third kappa shape index (κ3) is 7.88. The van der Waals surface area contributed by atoms with E-state index in [-0.39, 0.29) is 6.10 Å². The van der Waals surface area contributed by atoms with Crippen molar-refractivity contribution in [3.05, 3.63) is 22.4 Å². The first-order chi connectivity index (χ1) is 8.83. The minimum absolute atomic E-state index is 0.135. The van der Waals surface area contributed by atoms with E-state index in [1.54, 1.807) is 11.3 Å². The average Bonchev–Trinajstić information content (AvgIpc) is 2.85. The zero-order valence-corrected chi connectivity index (χ0v) is 12.6. The highest BCUT2D eigenvalue weighted by molar-refractivity contribution is 7.09. The van der Waals surface area contributed by atoms with Crippen LogP contribution in [0.25, 0.3) is 0 Å². The first kappa shape index (κ1) is 15.7. The molecule has 0 bridgehead atoms. The van der Waals surface area contributed by atoms with Crippen molar-refractivity contribution >= 4 is 11.3 Å². The van der Waals surface area contributed by atoms with Crippen LogP contribution in [0.5, 0.6) is 0 Å². The Labute approximate surface area is 116 Å². The summed E-state index contributed by atoms with van der Waals surface area (Å²) >= 11 is 1.75. The van der Waals surface area contributed by atoms with Gasteiger partial charge in [-0.25, -0.2) is 0 Å². The van der Waals surface area contributed by atoms with Crippen LogP contribution in [0.15, 0.2) is 17.5 Å². The van der Waals surface area contributed by atoms with Gasteiger partial charge in [0.25, 0.3) is 0 Å². The topological polar surface area (TPSA) is 20.2 Å². The van der Waals surface area contributed by atoms with Crippen molar-refractivity contribution in [1.82, 2.24) is 0 Å². The maximum absolute atomic E-state index is 9.90. The van der Waals surface area contributed by atoms with Crippen molar-refractivity contribution in [2.75, 3.05) is 0 Å². The van der Waals surface area contributed by atoms with Gasteiger partial charge in [-0.15, -0.1) is 11.3 Å². The standard InChI is InChI=1S/C16H28OS/c1-2-3-4-5-6-7-8-9-11-15(17)14-16-12-10-13-18-16/h10,12-13,15,17H,2-9,11,14H2,1H3. The van der Waals surface area contributed by atoms with Crippen molar-refractivity contribution < 1.29 is 5.11 Å². The highest BCUT2D eigenvalue weighted by Gasteiger charge is 2.05. The zero-order chi connectivity index (χ0) is 13.1. The number of hydrogen-bond donors (Lipinski definition) is 1. The third-order valence-electron chi connectivity index (χ3n) is 3.41. The molecule has 0 amide bonds. The van der Waals surface area contributed by atoms with Crippen LogP contribution in [0.3, 0.4) is 0 Å². The van der Waals surface area contributed by atoms with E-state index >= 15 is 0 Å². The Morgan fingerprint density at radius 2 is 1.72 bits per heavy atom. The van der Waals surface area contributed by atoms with Gasteiger partial charge in [0.05, 0.1) is 6.10 Å². The third-order valence-corrected chi connectivity index (χ3v) is 4.31. The molecule has 1 atom stereocenters. The van der Waals surface area contributed by atoms with Gasteiger partial charge in [0.15, 0.2) is 0 Å². The van der Waals surface area contributed by atoms with Crippen LogP contribution in [-0.4, -0.2) is 11.2 Å². The van der Waals surface area contributed by atoms with Gasteiger partial charge >= 0.3 is 0 Å². The number of hydrogen-bond acceptors (Lipinski definition) is 2. The molecule has 0 radical (unpaired) electrons. The molecular weight excluding hydrogens is 240 g/mol. The van der Waals surface area contributed by atoms with Crippen LogP contribution in [-0.2, 0) is 6.42 Å². The summed E-state index contributed by atoms with van der Waals surface area (Å²) < 4.78 is 0. The summed E-state index contributed by atoms with van der Waals surface area (Å²) in [6.07, 6.45) is 12.4. The lowest BCUT2D eigenvalue weighted by atomic mass is 10.0. The van der Waals surface area contributed by atoms with Crippen molar-refractivity contribution in [2.45, 2.75) is 77.2 Å². The fraction of sp³-hybridized carbons (Fsp3) is 0.750. The SMILES string of the molecule is CCCCCCCCCCC(O)Cc1cccs1. The number of aliphatic hydroxyl groups is 1. The van der Waals surface area contributed by atoms with Gasteiger partial charge in [-0.3, -0.25) is 0 Å². The molecule has 0 aliphatic rings. The summed E-state index contributed by atoms with van der Waals surface area (Å²) in [4.78, 5) is 1.31. The molecule has 1 heterocycles. The Hall–Kier alpha value is -0.340. The van der Waals surface area contributed by atoms with Crippen LogP contribution < -0.4 is 0 Å². The van der Waals surface area contributed by atoms with E-state index in [2.05, 4.69) is 24.4 Å². The lowest BCUT2D eigenvalue weighted by molar-refractivity contribution is 0.161. The van der Waals surface area contributed by atoms with Crippen LogP contribution in [0.1, 0.15) is 69.6 Å². The molecule has 18 heavy (non-hydrogen) atoms. The molecule has 0 saturated carbocycles. The van der Waals surface area contributed by atoms with Crippen LogP contribution in [0.2, 0.25) is 0 Å². The summed E-state index contributed by atoms with van der Waals surface area (Å²) in [5.41, 5.74) is 0. The maximum Gasteiger partial charge on any atom is 0.0588 e. The second-order valence-electron chi connectivity index (χ2n) is 5.20. The molecule has 2 heteroatoms. The van der Waals surface area contributed by atoms with Gasteiger partial charge in [-0.2, -0.15) is 0 Å². The molecule has 1 unspecified atom stereocenters. The normalized spacial score (nSPS) is 12.8. The number of unbranched alkanes of at least 4 members (excludes halogenated alkanes) is 7. The van der Waals surface area contributed by atoms with Gasteiger partial charge in [0, 0.05) is 11.3 Å². The molecule has 0 aromatic carbocycles. The Kier molecular flexibility index (Phi) is 9.23. The van der Waals surface area contributed by atoms with E-state index in [0.717, 1.165) is 12.8 Å². The van der Waals surface area contributed by atoms with E-state index in [1.165, 1.54) is 56.2 Å². The average molecular weight is 268 g/mol. The second kappa shape index (κ2) is 10.6. The molecule has 0 aliphatic carbocycles. The van der Waals surface area contributed by atoms with Gasteiger partial charge < -0.3 is 5.11 Å². The molecule has 1 aromatic heterocycles. The van der Waals surface area contributed by atoms with Crippen LogP contribution >= 0.6 is 11.3 Å². The molecule has 1 rings (SSSR count). The van der Waals surface area contributed by atoms with Crippen molar-refractivity contribution in [3.63, 3.8) is 0 Å². The Morgan fingerprint density at radius 1 is 1.06 bits per heavy atom. The van der Waals surface area contributed by atoms with Gasteiger partial charge in [0.2, 0.25) is 0 Å². The molecule has 1 nitrogen and oxygen atoms in total. The number of aliphatic hydroxyl groups excluding tert-OH is 1. The van der Waals surface area contributed by atoms with Crippen molar-refractivity contribution in [3.8, 4) is 0 Å². The molecular formula is C16H28OS. The van der Waals surface area contributed by atoms with E-state index < -0.39 is 0 Å². The molecule has 0 saturated heterocycles. The fourth-order valence-electron chi connectivity index (χ4n) is 2.28. The van der Waals surface area contributed by atoms with E-state index in [0.29, 0.717) is 0 Å².